The maximum atomic E-state index is 4.70. The molecule has 3 aromatic rings. The van der Waals surface area contributed by atoms with Gasteiger partial charge in [-0.05, 0) is 54.2 Å². The van der Waals surface area contributed by atoms with E-state index in [2.05, 4.69) is 33.1 Å². The molecule has 0 radical (unpaired) electrons. The Kier molecular flexibility index (Phi) is 4.68. The molecule has 0 unspecified atom stereocenters. The number of hydrogen-bond acceptors (Lipinski definition) is 4. The van der Waals surface area contributed by atoms with Crippen molar-refractivity contribution in [2.24, 2.45) is 0 Å². The lowest BCUT2D eigenvalue weighted by Gasteiger charge is -2.23. The third-order valence-electron chi connectivity index (χ3n) is 4.87. The van der Waals surface area contributed by atoms with Crippen molar-refractivity contribution in [1.82, 2.24) is 15.0 Å². The smallest absolute Gasteiger partial charge is 0.131 e. The fraction of sp³-hybridized carbons (Fsp3) is 0.286. The first-order valence-electron chi connectivity index (χ1n) is 8.90. The van der Waals surface area contributed by atoms with E-state index in [1.165, 1.54) is 29.5 Å². The molecule has 0 bridgehead atoms. The van der Waals surface area contributed by atoms with Crippen LogP contribution in [-0.4, -0.2) is 28.0 Å². The van der Waals surface area contributed by atoms with Crippen LogP contribution in [0, 0.1) is 0 Å². The molecule has 0 spiro atoms. The Morgan fingerprint density at radius 2 is 1.48 bits per heavy atom. The minimum absolute atomic E-state index is 0.230. The minimum Gasteiger partial charge on any atom is -0.356 e. The van der Waals surface area contributed by atoms with Gasteiger partial charge in [0.25, 0.3) is 0 Å². The summed E-state index contributed by atoms with van der Waals surface area (Å²) in [6.07, 6.45) is 12.9. The van der Waals surface area contributed by atoms with Gasteiger partial charge in [-0.1, -0.05) is 18.2 Å². The zero-order valence-electron chi connectivity index (χ0n) is 14.3. The molecule has 4 heteroatoms. The van der Waals surface area contributed by atoms with Gasteiger partial charge in [0.2, 0.25) is 0 Å². The molecular formula is C21H22N4. The van der Waals surface area contributed by atoms with Gasteiger partial charge in [0.1, 0.15) is 5.82 Å². The third-order valence-corrected chi connectivity index (χ3v) is 4.87. The van der Waals surface area contributed by atoms with Crippen molar-refractivity contribution < 1.29 is 0 Å². The van der Waals surface area contributed by atoms with Gasteiger partial charge in [0.05, 0.1) is 0 Å². The van der Waals surface area contributed by atoms with Crippen LogP contribution in [0.3, 0.4) is 0 Å². The first-order valence-corrected chi connectivity index (χ1v) is 8.90. The quantitative estimate of drug-likeness (QED) is 0.713. The average molecular weight is 330 g/mol. The van der Waals surface area contributed by atoms with Crippen LogP contribution >= 0.6 is 0 Å². The highest BCUT2D eigenvalue weighted by Gasteiger charge is 2.21. The van der Waals surface area contributed by atoms with Crippen LogP contribution in [0.5, 0.6) is 0 Å². The van der Waals surface area contributed by atoms with Gasteiger partial charge in [0.15, 0.2) is 0 Å². The predicted octanol–water partition coefficient (Wildman–Crippen LogP) is 3.85. The van der Waals surface area contributed by atoms with Crippen molar-refractivity contribution in [1.29, 1.82) is 0 Å². The molecule has 0 saturated carbocycles. The van der Waals surface area contributed by atoms with Crippen LogP contribution < -0.4 is 4.90 Å². The summed E-state index contributed by atoms with van der Waals surface area (Å²) < 4.78 is 0. The van der Waals surface area contributed by atoms with Crippen molar-refractivity contribution in [2.75, 3.05) is 18.0 Å². The van der Waals surface area contributed by atoms with Crippen LogP contribution in [-0.2, 0) is 6.42 Å². The molecule has 25 heavy (non-hydrogen) atoms. The van der Waals surface area contributed by atoms with Crippen LogP contribution in [0.15, 0.2) is 67.4 Å². The summed E-state index contributed by atoms with van der Waals surface area (Å²) in [7, 11) is 0. The number of anilines is 1. The Bertz CT molecular complexity index is 759. The summed E-state index contributed by atoms with van der Waals surface area (Å²) in [4.78, 5) is 15.8. The number of rotatable bonds is 5. The van der Waals surface area contributed by atoms with E-state index in [0.29, 0.717) is 0 Å². The van der Waals surface area contributed by atoms with E-state index in [-0.39, 0.29) is 5.92 Å². The van der Waals surface area contributed by atoms with Crippen LogP contribution in [0.1, 0.15) is 35.4 Å². The predicted molar refractivity (Wildman–Crippen MR) is 99.7 cm³/mol. The molecule has 3 aromatic heterocycles. The normalized spacial score (nSPS) is 14.2. The Morgan fingerprint density at radius 3 is 2.08 bits per heavy atom. The van der Waals surface area contributed by atoms with Crippen LogP contribution in [0.25, 0.3) is 0 Å². The van der Waals surface area contributed by atoms with Gasteiger partial charge in [-0.2, -0.15) is 0 Å². The number of nitrogens with zero attached hydrogens (tertiary/aromatic N) is 4. The molecule has 0 amide bonds. The lowest BCUT2D eigenvalue weighted by molar-refractivity contribution is 0.782. The van der Waals surface area contributed by atoms with Crippen molar-refractivity contribution >= 4 is 5.82 Å². The molecule has 1 fully saturated rings. The molecule has 0 aromatic carbocycles. The van der Waals surface area contributed by atoms with Gasteiger partial charge in [-0.3, -0.25) is 9.97 Å². The molecule has 0 atom stereocenters. The molecule has 1 aliphatic heterocycles. The maximum absolute atomic E-state index is 4.70. The molecule has 4 nitrogen and oxygen atoms in total. The fourth-order valence-corrected chi connectivity index (χ4v) is 3.62. The second-order valence-electron chi connectivity index (χ2n) is 6.51. The Hall–Kier alpha value is -2.75. The van der Waals surface area contributed by atoms with Crippen molar-refractivity contribution in [3.8, 4) is 0 Å². The van der Waals surface area contributed by atoms with E-state index in [0.717, 1.165) is 25.3 Å². The first kappa shape index (κ1) is 15.8. The molecular weight excluding hydrogens is 308 g/mol. The highest BCUT2D eigenvalue weighted by molar-refractivity contribution is 5.49. The second-order valence-corrected chi connectivity index (χ2v) is 6.51. The van der Waals surface area contributed by atoms with E-state index < -0.39 is 0 Å². The molecule has 1 aliphatic rings. The van der Waals surface area contributed by atoms with E-state index in [1.807, 2.05) is 49.2 Å². The molecule has 0 aliphatic carbocycles. The standard InChI is InChI=1S/C21H22N4/c1-2-13-25(12-1)21-17(6-5-11-24-21)14-20(18-7-3-9-22-15-18)19-8-4-10-23-16-19/h3-11,15-16,20H,1-2,12-14H2. The van der Waals surface area contributed by atoms with E-state index >= 15 is 0 Å². The molecule has 4 rings (SSSR count). The first-order chi connectivity index (χ1) is 12.4. The molecule has 4 heterocycles. The second kappa shape index (κ2) is 7.43. The van der Waals surface area contributed by atoms with Gasteiger partial charge < -0.3 is 4.90 Å². The van der Waals surface area contributed by atoms with E-state index in [4.69, 9.17) is 4.98 Å². The van der Waals surface area contributed by atoms with Gasteiger partial charge >= 0.3 is 0 Å². The topological polar surface area (TPSA) is 41.9 Å². The molecule has 0 N–H and O–H groups in total. The Labute approximate surface area is 148 Å². The molecule has 126 valence electrons. The van der Waals surface area contributed by atoms with Gasteiger partial charge in [-0.15, -0.1) is 0 Å². The number of pyridine rings is 3. The summed E-state index contributed by atoms with van der Waals surface area (Å²) in [5, 5.41) is 0. The summed E-state index contributed by atoms with van der Waals surface area (Å²) in [5.41, 5.74) is 3.72. The SMILES string of the molecule is c1cncc(C(Cc2cccnc2N2CCCC2)c2cccnc2)c1. The minimum atomic E-state index is 0.230. The molecule has 1 saturated heterocycles. The summed E-state index contributed by atoms with van der Waals surface area (Å²) >= 11 is 0. The fourth-order valence-electron chi connectivity index (χ4n) is 3.62. The third kappa shape index (κ3) is 3.53. The number of aromatic nitrogens is 3. The maximum Gasteiger partial charge on any atom is 0.131 e. The van der Waals surface area contributed by atoms with Crippen LogP contribution in [0.4, 0.5) is 5.82 Å². The Morgan fingerprint density at radius 1 is 0.840 bits per heavy atom. The van der Waals surface area contributed by atoms with Gasteiger partial charge in [-0.25, -0.2) is 4.98 Å². The zero-order valence-corrected chi connectivity index (χ0v) is 14.3. The summed E-state index contributed by atoms with van der Waals surface area (Å²) in [6.45, 7) is 2.21. The lowest BCUT2D eigenvalue weighted by atomic mass is 9.87. The lowest BCUT2D eigenvalue weighted by Crippen LogP contribution is -2.21. The highest BCUT2D eigenvalue weighted by atomic mass is 15.2. The van der Waals surface area contributed by atoms with E-state index in [1.54, 1.807) is 0 Å². The highest BCUT2D eigenvalue weighted by Crippen LogP contribution is 2.31. The summed E-state index contributed by atoms with van der Waals surface area (Å²) in [6, 6.07) is 12.6. The van der Waals surface area contributed by atoms with Crippen molar-refractivity contribution in [3.05, 3.63) is 84.1 Å². The van der Waals surface area contributed by atoms with Gasteiger partial charge in [0, 0.05) is 50.0 Å². The zero-order chi connectivity index (χ0) is 16.9. The van der Waals surface area contributed by atoms with E-state index in [9.17, 15) is 0 Å². The Balaban J connectivity index is 1.70. The number of hydrogen-bond donors (Lipinski definition) is 0. The van der Waals surface area contributed by atoms with Crippen molar-refractivity contribution in [2.45, 2.75) is 25.2 Å². The largest absolute Gasteiger partial charge is 0.356 e. The van der Waals surface area contributed by atoms with Crippen molar-refractivity contribution in [3.63, 3.8) is 0 Å². The monoisotopic (exact) mass is 330 g/mol. The average Bonchev–Trinajstić information content (AvgIpc) is 3.22. The summed E-state index contributed by atoms with van der Waals surface area (Å²) in [5.74, 6) is 1.37. The van der Waals surface area contributed by atoms with Crippen LogP contribution in [0.2, 0.25) is 0 Å².